The molecule has 3 nitrogen and oxygen atoms in total. The summed E-state index contributed by atoms with van der Waals surface area (Å²) in [6.07, 6.45) is 1.08. The summed E-state index contributed by atoms with van der Waals surface area (Å²) in [4.78, 5) is 17.9. The Balaban J connectivity index is 1.93. The Morgan fingerprint density at radius 3 is 2.70 bits per heavy atom. The molecular weight excluding hydrogens is 386 g/mol. The molecule has 1 aliphatic carbocycles. The predicted molar refractivity (Wildman–Crippen MR) is 108 cm³/mol. The van der Waals surface area contributed by atoms with Crippen molar-refractivity contribution < 1.29 is 9.18 Å². The molecule has 2 aliphatic rings. The molecule has 1 saturated carbocycles. The van der Waals surface area contributed by atoms with Gasteiger partial charge in [0.1, 0.15) is 11.6 Å². The summed E-state index contributed by atoms with van der Waals surface area (Å²) >= 11 is 12.5. The molecule has 6 heteroatoms. The van der Waals surface area contributed by atoms with Crippen LogP contribution in [0.1, 0.15) is 38.3 Å². The van der Waals surface area contributed by atoms with Crippen molar-refractivity contribution in [2.24, 2.45) is 16.3 Å². The largest absolute Gasteiger partial charge is 0.375 e. The van der Waals surface area contributed by atoms with E-state index >= 15 is 0 Å². The normalized spacial score (nSPS) is 23.6. The van der Waals surface area contributed by atoms with Crippen LogP contribution in [0.2, 0.25) is 10.0 Å². The zero-order valence-electron chi connectivity index (χ0n) is 15.0. The van der Waals surface area contributed by atoms with Crippen molar-refractivity contribution in [3.63, 3.8) is 0 Å². The molecule has 1 fully saturated rings. The van der Waals surface area contributed by atoms with Gasteiger partial charge in [0.15, 0.2) is 0 Å². The van der Waals surface area contributed by atoms with Crippen LogP contribution in [-0.2, 0) is 4.79 Å². The summed E-state index contributed by atoms with van der Waals surface area (Å²) in [5.41, 5.74) is 2.22. The fourth-order valence-electron chi connectivity index (χ4n) is 4.09. The standard InChI is InChI=1S/C21H19Cl2FN2O/c1-21(2)9-16-19(17(27)10-21)20(18-12(23)4-3-5-13(18)24)26-15-8-11(22)6-7-14(15)25-16/h3-8,19-20,26H,9-10H2,1-2H3. The van der Waals surface area contributed by atoms with Crippen LogP contribution in [0.5, 0.6) is 0 Å². The van der Waals surface area contributed by atoms with E-state index in [1.165, 1.54) is 6.07 Å². The second kappa shape index (κ2) is 6.61. The van der Waals surface area contributed by atoms with Gasteiger partial charge in [0, 0.05) is 27.7 Å². The lowest BCUT2D eigenvalue weighted by Gasteiger charge is -2.37. The van der Waals surface area contributed by atoms with Gasteiger partial charge in [0.2, 0.25) is 0 Å². The Labute approximate surface area is 167 Å². The Morgan fingerprint density at radius 2 is 1.96 bits per heavy atom. The number of hydrogen-bond donors (Lipinski definition) is 1. The molecule has 1 heterocycles. The number of aliphatic imine (C=N–C) groups is 1. The minimum Gasteiger partial charge on any atom is -0.375 e. The molecular formula is C21H19Cl2FN2O. The number of anilines is 1. The van der Waals surface area contributed by atoms with E-state index in [-0.39, 0.29) is 21.8 Å². The molecule has 2 atom stereocenters. The highest BCUT2D eigenvalue weighted by molar-refractivity contribution is 6.32. The van der Waals surface area contributed by atoms with Gasteiger partial charge in [-0.05, 0) is 42.2 Å². The number of nitrogens with one attached hydrogen (secondary N) is 1. The zero-order chi connectivity index (χ0) is 19.3. The molecule has 1 N–H and O–H groups in total. The summed E-state index contributed by atoms with van der Waals surface area (Å²) in [5.74, 6) is -0.971. The fraction of sp³-hybridized carbons (Fsp3) is 0.333. The van der Waals surface area contributed by atoms with Gasteiger partial charge >= 0.3 is 0 Å². The van der Waals surface area contributed by atoms with Gasteiger partial charge < -0.3 is 5.32 Å². The van der Waals surface area contributed by atoms with Crippen LogP contribution in [0.3, 0.4) is 0 Å². The third-order valence-electron chi connectivity index (χ3n) is 5.20. The highest BCUT2D eigenvalue weighted by atomic mass is 35.5. The molecule has 0 bridgehead atoms. The van der Waals surface area contributed by atoms with Crippen LogP contribution in [-0.4, -0.2) is 11.5 Å². The van der Waals surface area contributed by atoms with Crippen molar-refractivity contribution in [2.45, 2.75) is 32.7 Å². The molecule has 4 rings (SSSR count). The quantitative estimate of drug-likeness (QED) is 0.598. The first kappa shape index (κ1) is 18.5. The van der Waals surface area contributed by atoms with Crippen LogP contribution < -0.4 is 5.32 Å². The summed E-state index contributed by atoms with van der Waals surface area (Å²) in [5, 5.41) is 4.14. The lowest BCUT2D eigenvalue weighted by Crippen LogP contribution is -2.42. The van der Waals surface area contributed by atoms with Crippen LogP contribution in [0, 0.1) is 17.2 Å². The molecule has 2 aromatic rings. The molecule has 140 valence electrons. The maximum Gasteiger partial charge on any atom is 0.144 e. The Hall–Kier alpha value is -1.91. The maximum atomic E-state index is 14.8. The van der Waals surface area contributed by atoms with E-state index < -0.39 is 17.8 Å². The number of ketones is 1. The van der Waals surface area contributed by atoms with Gasteiger partial charge in [-0.1, -0.05) is 43.1 Å². The molecule has 1 aliphatic heterocycles. The molecule has 2 unspecified atom stereocenters. The Bertz CT molecular complexity index is 950. The van der Waals surface area contributed by atoms with Gasteiger partial charge in [0.05, 0.1) is 23.3 Å². The summed E-state index contributed by atoms with van der Waals surface area (Å²) in [7, 11) is 0. The topological polar surface area (TPSA) is 41.5 Å². The number of Topliss-reactive ketones (excluding diaryl/α,β-unsaturated/α-hetero) is 1. The van der Waals surface area contributed by atoms with Gasteiger partial charge in [0.25, 0.3) is 0 Å². The smallest absolute Gasteiger partial charge is 0.144 e. The predicted octanol–water partition coefficient (Wildman–Crippen LogP) is 6.38. The van der Waals surface area contributed by atoms with E-state index in [2.05, 4.69) is 19.2 Å². The van der Waals surface area contributed by atoms with E-state index in [4.69, 9.17) is 28.2 Å². The third kappa shape index (κ3) is 3.37. The molecule has 27 heavy (non-hydrogen) atoms. The van der Waals surface area contributed by atoms with Crippen molar-refractivity contribution in [2.75, 3.05) is 5.32 Å². The molecule has 0 saturated heterocycles. The number of benzene rings is 2. The minimum absolute atomic E-state index is 0.0423. The van der Waals surface area contributed by atoms with Gasteiger partial charge in [-0.25, -0.2) is 4.39 Å². The molecule has 0 amide bonds. The number of carbonyl (C=O) groups is 1. The molecule has 0 radical (unpaired) electrons. The van der Waals surface area contributed by atoms with Crippen LogP contribution in [0.4, 0.5) is 15.8 Å². The first-order chi connectivity index (χ1) is 12.7. The van der Waals surface area contributed by atoms with Crippen molar-refractivity contribution in [3.05, 3.63) is 57.8 Å². The summed E-state index contributed by atoms with van der Waals surface area (Å²) in [6.45, 7) is 4.10. The van der Waals surface area contributed by atoms with Crippen molar-refractivity contribution in [3.8, 4) is 0 Å². The Kier molecular flexibility index (Phi) is 4.52. The van der Waals surface area contributed by atoms with Gasteiger partial charge in [-0.15, -0.1) is 0 Å². The summed E-state index contributed by atoms with van der Waals surface area (Å²) in [6, 6.07) is 9.24. The van der Waals surface area contributed by atoms with E-state index in [0.717, 1.165) is 5.71 Å². The number of fused-ring (bicyclic) bond motifs is 2. The van der Waals surface area contributed by atoms with Gasteiger partial charge in [-0.2, -0.15) is 0 Å². The SMILES string of the molecule is CC1(C)CC(=O)C2C(=Nc3ccc(Cl)cc3NC2c2c(F)cccc2Cl)C1. The second-order valence-electron chi connectivity index (χ2n) is 7.98. The minimum atomic E-state index is -0.638. The monoisotopic (exact) mass is 404 g/mol. The number of nitrogens with zero attached hydrogens (tertiary/aromatic N) is 1. The first-order valence-corrected chi connectivity index (χ1v) is 9.61. The lowest BCUT2D eigenvalue weighted by molar-refractivity contribution is -0.124. The zero-order valence-corrected chi connectivity index (χ0v) is 16.5. The third-order valence-corrected chi connectivity index (χ3v) is 5.76. The van der Waals surface area contributed by atoms with Crippen LogP contribution in [0.25, 0.3) is 0 Å². The average Bonchev–Trinajstić information content (AvgIpc) is 2.69. The van der Waals surface area contributed by atoms with Gasteiger partial charge in [-0.3, -0.25) is 9.79 Å². The molecule has 0 spiro atoms. The highest BCUT2D eigenvalue weighted by Gasteiger charge is 2.45. The van der Waals surface area contributed by atoms with E-state index in [1.54, 1.807) is 24.3 Å². The number of halogens is 3. The molecule has 2 aromatic carbocycles. The Morgan fingerprint density at radius 1 is 1.19 bits per heavy atom. The van der Waals surface area contributed by atoms with E-state index in [1.807, 2.05) is 6.07 Å². The molecule has 0 aromatic heterocycles. The van der Waals surface area contributed by atoms with Crippen molar-refractivity contribution in [1.29, 1.82) is 0 Å². The number of carbonyl (C=O) groups excluding carboxylic acids is 1. The van der Waals surface area contributed by atoms with Crippen molar-refractivity contribution >= 4 is 46.1 Å². The second-order valence-corrected chi connectivity index (χ2v) is 8.83. The number of hydrogen-bond acceptors (Lipinski definition) is 3. The van der Waals surface area contributed by atoms with Crippen LogP contribution in [0.15, 0.2) is 41.4 Å². The summed E-state index contributed by atoms with van der Waals surface area (Å²) < 4.78 is 14.8. The van der Waals surface area contributed by atoms with E-state index in [0.29, 0.717) is 29.2 Å². The lowest BCUT2D eigenvalue weighted by atomic mass is 9.68. The number of rotatable bonds is 1. The highest BCUT2D eigenvalue weighted by Crippen LogP contribution is 2.47. The van der Waals surface area contributed by atoms with E-state index in [9.17, 15) is 9.18 Å². The first-order valence-electron chi connectivity index (χ1n) is 8.85. The maximum absolute atomic E-state index is 14.8. The average molecular weight is 405 g/mol. The van der Waals surface area contributed by atoms with Crippen molar-refractivity contribution in [1.82, 2.24) is 0 Å². The fourth-order valence-corrected chi connectivity index (χ4v) is 4.54. The van der Waals surface area contributed by atoms with Crippen LogP contribution >= 0.6 is 23.2 Å².